The van der Waals surface area contributed by atoms with Crippen molar-refractivity contribution < 1.29 is 9.90 Å². The lowest BCUT2D eigenvalue weighted by Gasteiger charge is -2.34. The molecule has 1 aromatic carbocycles. The summed E-state index contributed by atoms with van der Waals surface area (Å²) >= 11 is 1.92. The molecule has 2 unspecified atom stereocenters. The number of nitrogens with zero attached hydrogens (tertiary/aromatic N) is 1. The second-order valence-corrected chi connectivity index (χ2v) is 6.99. The molecule has 0 spiro atoms. The molecule has 0 radical (unpaired) electrons. The van der Waals surface area contributed by atoms with Gasteiger partial charge in [-0.25, -0.2) is 0 Å². The number of likely N-dealkylation sites (tertiary alicyclic amines) is 1. The molecule has 1 saturated heterocycles. The van der Waals surface area contributed by atoms with Crippen LogP contribution in [0.25, 0.3) is 0 Å². The fraction of sp³-hybridized carbons (Fsp3) is 0.562. The molecule has 0 saturated carbocycles. The number of thioether (sulfide) groups is 1. The van der Waals surface area contributed by atoms with Gasteiger partial charge < -0.3 is 5.11 Å². The van der Waals surface area contributed by atoms with E-state index < -0.39 is 11.4 Å². The first-order valence-electron chi connectivity index (χ1n) is 7.35. The fourth-order valence-corrected chi connectivity index (χ4v) is 4.59. The number of fused-ring (bicyclic) bond motifs is 1. The van der Waals surface area contributed by atoms with E-state index in [1.54, 1.807) is 0 Å². The molecule has 1 aromatic rings. The summed E-state index contributed by atoms with van der Waals surface area (Å²) in [5.74, 6) is 0.505. The summed E-state index contributed by atoms with van der Waals surface area (Å²) < 4.78 is 0. The maximum absolute atomic E-state index is 11.6. The Morgan fingerprint density at radius 3 is 3.00 bits per heavy atom. The molecule has 3 nitrogen and oxygen atoms in total. The van der Waals surface area contributed by atoms with Crippen LogP contribution in [0.4, 0.5) is 0 Å². The number of carboxylic acids is 1. The lowest BCUT2D eigenvalue weighted by atomic mass is 9.84. The van der Waals surface area contributed by atoms with E-state index in [-0.39, 0.29) is 0 Å². The Bertz CT molecular complexity index is 519. The summed E-state index contributed by atoms with van der Waals surface area (Å²) in [6.07, 6.45) is 2.63. The zero-order chi connectivity index (χ0) is 14.2. The van der Waals surface area contributed by atoms with E-state index in [0.29, 0.717) is 12.6 Å². The van der Waals surface area contributed by atoms with E-state index in [1.807, 2.05) is 18.7 Å². The van der Waals surface area contributed by atoms with Crippen molar-refractivity contribution in [1.82, 2.24) is 4.90 Å². The summed E-state index contributed by atoms with van der Waals surface area (Å²) in [5, 5.41) is 9.54. The summed E-state index contributed by atoms with van der Waals surface area (Å²) in [5.41, 5.74) is 0.862. The summed E-state index contributed by atoms with van der Waals surface area (Å²) in [7, 11) is 0. The predicted molar refractivity (Wildman–Crippen MR) is 81.1 cm³/mol. The Morgan fingerprint density at radius 2 is 2.30 bits per heavy atom. The minimum atomic E-state index is -0.624. The smallest absolute Gasteiger partial charge is 0.310 e. The number of rotatable bonds is 3. The highest BCUT2D eigenvalue weighted by Gasteiger charge is 2.45. The number of aliphatic carboxylic acids is 1. The molecular formula is C16H21NO2S. The van der Waals surface area contributed by atoms with Gasteiger partial charge in [-0.3, -0.25) is 9.69 Å². The first-order valence-corrected chi connectivity index (χ1v) is 8.34. The highest BCUT2D eigenvalue weighted by molar-refractivity contribution is 7.99. The third kappa shape index (κ3) is 2.25. The second-order valence-electron chi connectivity index (χ2n) is 5.85. The Labute approximate surface area is 124 Å². The zero-order valence-corrected chi connectivity index (χ0v) is 12.7. The van der Waals surface area contributed by atoms with Gasteiger partial charge in [-0.05, 0) is 43.2 Å². The average molecular weight is 291 g/mol. The fourth-order valence-electron chi connectivity index (χ4n) is 3.49. The molecule has 3 rings (SSSR count). The Kier molecular flexibility index (Phi) is 3.78. The van der Waals surface area contributed by atoms with Crippen LogP contribution >= 0.6 is 11.8 Å². The van der Waals surface area contributed by atoms with Crippen LogP contribution in [0.2, 0.25) is 0 Å². The lowest BCUT2D eigenvalue weighted by molar-refractivity contribution is -0.148. The van der Waals surface area contributed by atoms with E-state index in [9.17, 15) is 9.90 Å². The highest BCUT2D eigenvalue weighted by Crippen LogP contribution is 2.44. The Hall–Kier alpha value is -1.00. The van der Waals surface area contributed by atoms with E-state index >= 15 is 0 Å². The molecule has 2 aliphatic heterocycles. The Balaban J connectivity index is 1.84. The van der Waals surface area contributed by atoms with Crippen molar-refractivity contribution >= 4 is 17.7 Å². The van der Waals surface area contributed by atoms with Crippen molar-refractivity contribution in [2.45, 2.75) is 37.1 Å². The van der Waals surface area contributed by atoms with Gasteiger partial charge in [0.25, 0.3) is 0 Å². The largest absolute Gasteiger partial charge is 0.481 e. The molecule has 2 heterocycles. The first-order chi connectivity index (χ1) is 9.66. The quantitative estimate of drug-likeness (QED) is 0.926. The lowest BCUT2D eigenvalue weighted by Crippen LogP contribution is -2.36. The van der Waals surface area contributed by atoms with E-state index in [4.69, 9.17) is 0 Å². The van der Waals surface area contributed by atoms with Crippen LogP contribution in [0.3, 0.4) is 0 Å². The molecule has 0 aromatic heterocycles. The maximum Gasteiger partial charge on any atom is 0.310 e. The topological polar surface area (TPSA) is 40.5 Å². The first kappa shape index (κ1) is 14.0. The minimum absolute atomic E-state index is 0.403. The van der Waals surface area contributed by atoms with E-state index in [0.717, 1.165) is 31.6 Å². The normalized spacial score (nSPS) is 30.1. The standard InChI is InChI=1S/C16H21NO2S/c1-2-16(15(18)19)8-9-17(11-16)13-7-10-20-14-6-4-3-5-12(13)14/h3-6,13H,2,7-11H2,1H3,(H,18,19). The van der Waals surface area contributed by atoms with Crippen molar-refractivity contribution in [2.24, 2.45) is 5.41 Å². The third-order valence-corrected chi connectivity index (χ3v) is 6.00. The summed E-state index contributed by atoms with van der Waals surface area (Å²) in [6, 6.07) is 8.98. The van der Waals surface area contributed by atoms with E-state index in [1.165, 1.54) is 10.5 Å². The molecule has 2 atom stereocenters. The van der Waals surface area contributed by atoms with Gasteiger partial charge in [0.05, 0.1) is 5.41 Å². The predicted octanol–water partition coefficient (Wildman–Crippen LogP) is 3.41. The second kappa shape index (κ2) is 5.41. The molecule has 0 aliphatic carbocycles. The molecule has 2 aliphatic rings. The van der Waals surface area contributed by atoms with Gasteiger partial charge in [0.15, 0.2) is 0 Å². The summed E-state index contributed by atoms with van der Waals surface area (Å²) in [4.78, 5) is 15.4. The van der Waals surface area contributed by atoms with Crippen LogP contribution in [0.15, 0.2) is 29.2 Å². The van der Waals surface area contributed by atoms with Gasteiger partial charge in [0.1, 0.15) is 0 Å². The zero-order valence-electron chi connectivity index (χ0n) is 11.8. The minimum Gasteiger partial charge on any atom is -0.481 e. The average Bonchev–Trinajstić information content (AvgIpc) is 2.92. The third-order valence-electron chi connectivity index (χ3n) is 4.88. The van der Waals surface area contributed by atoms with Crippen molar-refractivity contribution in [3.05, 3.63) is 29.8 Å². The molecule has 1 N–H and O–H groups in total. The summed E-state index contributed by atoms with van der Waals surface area (Å²) in [6.45, 7) is 3.61. The highest BCUT2D eigenvalue weighted by atomic mass is 32.2. The van der Waals surface area contributed by atoms with Crippen LogP contribution < -0.4 is 0 Å². The van der Waals surface area contributed by atoms with Gasteiger partial charge in [0, 0.05) is 17.5 Å². The molecule has 108 valence electrons. The molecule has 0 amide bonds. The number of hydrogen-bond donors (Lipinski definition) is 1. The monoisotopic (exact) mass is 291 g/mol. The van der Waals surface area contributed by atoms with Gasteiger partial charge in [0.2, 0.25) is 0 Å². The van der Waals surface area contributed by atoms with Crippen LogP contribution in [0.5, 0.6) is 0 Å². The van der Waals surface area contributed by atoms with Crippen LogP contribution in [-0.2, 0) is 4.79 Å². The molecule has 0 bridgehead atoms. The van der Waals surface area contributed by atoms with Crippen molar-refractivity contribution in [3.8, 4) is 0 Å². The Morgan fingerprint density at radius 1 is 1.50 bits per heavy atom. The molecule has 20 heavy (non-hydrogen) atoms. The van der Waals surface area contributed by atoms with Gasteiger partial charge in [-0.1, -0.05) is 25.1 Å². The van der Waals surface area contributed by atoms with Crippen LogP contribution in [0.1, 0.15) is 37.8 Å². The molecular weight excluding hydrogens is 270 g/mol. The van der Waals surface area contributed by atoms with Crippen LogP contribution in [-0.4, -0.2) is 34.8 Å². The number of carboxylic acid groups (broad SMARTS) is 1. The van der Waals surface area contributed by atoms with Crippen LogP contribution in [0, 0.1) is 5.41 Å². The maximum atomic E-state index is 11.6. The molecule has 1 fully saturated rings. The number of hydrogen-bond acceptors (Lipinski definition) is 3. The SMILES string of the molecule is CCC1(C(=O)O)CCN(C2CCSc3ccccc32)C1. The van der Waals surface area contributed by atoms with E-state index in [2.05, 4.69) is 29.2 Å². The van der Waals surface area contributed by atoms with Crippen molar-refractivity contribution in [2.75, 3.05) is 18.8 Å². The number of benzene rings is 1. The number of carbonyl (C=O) groups is 1. The molecule has 4 heteroatoms. The van der Waals surface area contributed by atoms with Crippen molar-refractivity contribution in [1.29, 1.82) is 0 Å². The van der Waals surface area contributed by atoms with Gasteiger partial charge in [-0.15, -0.1) is 11.8 Å². The van der Waals surface area contributed by atoms with Gasteiger partial charge >= 0.3 is 5.97 Å². The van der Waals surface area contributed by atoms with Gasteiger partial charge in [-0.2, -0.15) is 0 Å². The van der Waals surface area contributed by atoms with Crippen molar-refractivity contribution in [3.63, 3.8) is 0 Å².